The quantitative estimate of drug-likeness (QED) is 0.582. The van der Waals surface area contributed by atoms with Crippen LogP contribution in [0.25, 0.3) is 22.3 Å². The monoisotopic (exact) mass is 377 g/mol. The van der Waals surface area contributed by atoms with E-state index in [0.29, 0.717) is 24.9 Å². The second kappa shape index (κ2) is 6.22. The van der Waals surface area contributed by atoms with Gasteiger partial charge in [0.2, 0.25) is 17.7 Å². The van der Waals surface area contributed by atoms with Gasteiger partial charge in [-0.3, -0.25) is 4.79 Å². The molecule has 4 aromatic heterocycles. The molecule has 0 unspecified atom stereocenters. The summed E-state index contributed by atoms with van der Waals surface area (Å²) >= 11 is 0. The summed E-state index contributed by atoms with van der Waals surface area (Å²) in [5.74, 6) is 1.05. The maximum Gasteiger partial charge on any atom is 0.244 e. The van der Waals surface area contributed by atoms with E-state index in [1.54, 1.807) is 29.6 Å². The van der Waals surface area contributed by atoms with Gasteiger partial charge in [0.25, 0.3) is 0 Å². The highest BCUT2D eigenvalue weighted by atomic mass is 16.5. The van der Waals surface area contributed by atoms with Crippen LogP contribution in [0.1, 0.15) is 6.92 Å². The van der Waals surface area contributed by atoms with Crippen LogP contribution >= 0.6 is 0 Å². The third kappa shape index (κ3) is 2.63. The molecule has 1 fully saturated rings. The lowest BCUT2D eigenvalue weighted by atomic mass is 10.1. The van der Waals surface area contributed by atoms with Crippen LogP contribution in [0.15, 0.2) is 43.0 Å². The molecule has 1 aliphatic heterocycles. The number of methoxy groups -OCH3 is 1. The molecule has 5 heterocycles. The van der Waals surface area contributed by atoms with Gasteiger partial charge in [0.1, 0.15) is 11.2 Å². The zero-order valence-electron chi connectivity index (χ0n) is 15.5. The lowest BCUT2D eigenvalue weighted by Gasteiger charge is -2.38. The van der Waals surface area contributed by atoms with Crippen molar-refractivity contribution in [3.8, 4) is 17.0 Å². The number of fused-ring (bicyclic) bond motifs is 2. The lowest BCUT2D eigenvalue weighted by Crippen LogP contribution is -2.56. The van der Waals surface area contributed by atoms with Crippen LogP contribution in [0.5, 0.6) is 5.88 Å². The van der Waals surface area contributed by atoms with Gasteiger partial charge in [0.05, 0.1) is 13.2 Å². The Morgan fingerprint density at radius 3 is 2.89 bits per heavy atom. The average molecular weight is 377 g/mol. The normalized spacial score (nSPS) is 14.4. The number of carbonyl (C=O) groups is 1. The number of nitrogens with one attached hydrogen (secondary N) is 1. The van der Waals surface area contributed by atoms with E-state index < -0.39 is 0 Å². The fourth-order valence-electron chi connectivity index (χ4n) is 3.52. The number of aromatic nitrogens is 5. The smallest absolute Gasteiger partial charge is 0.244 e. The minimum Gasteiger partial charge on any atom is -0.479 e. The van der Waals surface area contributed by atoms with Crippen LogP contribution in [0, 0.1) is 0 Å². The molecule has 28 heavy (non-hydrogen) atoms. The highest BCUT2D eigenvalue weighted by Gasteiger charge is 2.29. The van der Waals surface area contributed by atoms with E-state index in [-0.39, 0.29) is 11.9 Å². The van der Waals surface area contributed by atoms with E-state index in [9.17, 15) is 4.79 Å². The van der Waals surface area contributed by atoms with E-state index in [0.717, 1.165) is 22.3 Å². The van der Waals surface area contributed by atoms with Gasteiger partial charge in [-0.15, -0.1) is 5.10 Å². The van der Waals surface area contributed by atoms with Crippen LogP contribution in [-0.4, -0.2) is 61.0 Å². The van der Waals surface area contributed by atoms with Gasteiger partial charge in [0, 0.05) is 55.9 Å². The number of likely N-dealkylation sites (tertiary alicyclic amines) is 1. The highest BCUT2D eigenvalue weighted by molar-refractivity contribution is 5.84. The van der Waals surface area contributed by atoms with Crippen molar-refractivity contribution in [3.05, 3.63) is 43.0 Å². The van der Waals surface area contributed by atoms with Crippen molar-refractivity contribution in [3.63, 3.8) is 0 Å². The Kier molecular flexibility index (Phi) is 3.68. The number of anilines is 1. The highest BCUT2D eigenvalue weighted by Crippen LogP contribution is 2.31. The fraction of sp³-hybridized carbons (Fsp3) is 0.263. The Bertz CT molecular complexity index is 1190. The maximum atomic E-state index is 11.3. The van der Waals surface area contributed by atoms with Gasteiger partial charge in [-0.05, 0) is 18.2 Å². The van der Waals surface area contributed by atoms with E-state index >= 15 is 0 Å². The molecular formula is C19H19N7O2. The average Bonchev–Trinajstić information content (AvgIpc) is 3.29. The van der Waals surface area contributed by atoms with Crippen LogP contribution in [0.3, 0.4) is 0 Å². The summed E-state index contributed by atoms with van der Waals surface area (Å²) in [5, 5.41) is 7.84. The van der Waals surface area contributed by atoms with Gasteiger partial charge in [-0.25, -0.2) is 9.50 Å². The van der Waals surface area contributed by atoms with Gasteiger partial charge < -0.3 is 19.4 Å². The zero-order valence-corrected chi connectivity index (χ0v) is 15.5. The molecule has 0 radical (unpaired) electrons. The van der Waals surface area contributed by atoms with Crippen LogP contribution in [-0.2, 0) is 4.79 Å². The molecule has 4 aromatic rings. The molecule has 1 aliphatic rings. The first-order chi connectivity index (χ1) is 13.6. The molecule has 0 atom stereocenters. The number of pyridine rings is 1. The van der Waals surface area contributed by atoms with Crippen molar-refractivity contribution in [1.29, 1.82) is 0 Å². The van der Waals surface area contributed by atoms with Crippen molar-refractivity contribution in [2.45, 2.75) is 13.0 Å². The molecule has 1 amide bonds. The summed E-state index contributed by atoms with van der Waals surface area (Å²) in [4.78, 5) is 21.9. The van der Waals surface area contributed by atoms with Gasteiger partial charge >= 0.3 is 0 Å². The molecule has 0 aromatic carbocycles. The molecule has 0 spiro atoms. The molecule has 0 bridgehead atoms. The molecule has 0 aliphatic carbocycles. The van der Waals surface area contributed by atoms with Crippen LogP contribution in [0.4, 0.5) is 5.95 Å². The maximum absolute atomic E-state index is 11.3. The minimum atomic E-state index is 0.0805. The number of amides is 1. The van der Waals surface area contributed by atoms with E-state index in [1.165, 1.54) is 0 Å². The number of nitrogens with zero attached hydrogens (tertiary/aromatic N) is 6. The van der Waals surface area contributed by atoms with Gasteiger partial charge in [-0.2, -0.15) is 4.98 Å². The van der Waals surface area contributed by atoms with Crippen molar-refractivity contribution < 1.29 is 9.53 Å². The number of imidazole rings is 1. The van der Waals surface area contributed by atoms with Crippen molar-refractivity contribution in [1.82, 2.24) is 28.9 Å². The number of rotatable bonds is 4. The minimum absolute atomic E-state index is 0.0805. The Labute approximate surface area is 160 Å². The molecule has 0 saturated carbocycles. The summed E-state index contributed by atoms with van der Waals surface area (Å²) in [6.45, 7) is 2.88. The second-order valence-electron chi connectivity index (χ2n) is 6.84. The first-order valence-electron chi connectivity index (χ1n) is 9.01. The molecule has 9 heteroatoms. The van der Waals surface area contributed by atoms with E-state index in [4.69, 9.17) is 4.74 Å². The van der Waals surface area contributed by atoms with Crippen molar-refractivity contribution in [2.24, 2.45) is 0 Å². The van der Waals surface area contributed by atoms with Gasteiger partial charge in [0.15, 0.2) is 0 Å². The molecule has 142 valence electrons. The largest absolute Gasteiger partial charge is 0.479 e. The first-order valence-corrected chi connectivity index (χ1v) is 9.01. The van der Waals surface area contributed by atoms with E-state index in [2.05, 4.69) is 20.4 Å². The Balaban J connectivity index is 1.50. The fourth-order valence-corrected chi connectivity index (χ4v) is 3.52. The Morgan fingerprint density at radius 2 is 2.11 bits per heavy atom. The van der Waals surface area contributed by atoms with Crippen molar-refractivity contribution >= 4 is 23.0 Å². The molecule has 5 rings (SSSR count). The number of carbonyl (C=O) groups excluding carboxylic acids is 1. The SMILES string of the molecule is COc1nc(NC2CN(C(C)=O)C2)nn2ccc(-c3ccc4nccn4c3)c12. The molecule has 1 N–H and O–H groups in total. The summed E-state index contributed by atoms with van der Waals surface area (Å²) in [7, 11) is 1.60. The molecule has 1 saturated heterocycles. The Morgan fingerprint density at radius 1 is 1.25 bits per heavy atom. The van der Waals surface area contributed by atoms with Gasteiger partial charge in [-0.1, -0.05) is 0 Å². The van der Waals surface area contributed by atoms with E-state index in [1.807, 2.05) is 41.2 Å². The second-order valence-corrected chi connectivity index (χ2v) is 6.84. The third-order valence-electron chi connectivity index (χ3n) is 5.03. The summed E-state index contributed by atoms with van der Waals surface area (Å²) < 4.78 is 9.30. The Hall–Kier alpha value is -3.62. The van der Waals surface area contributed by atoms with Crippen molar-refractivity contribution in [2.75, 3.05) is 25.5 Å². The number of hydrogen-bond acceptors (Lipinski definition) is 6. The summed E-state index contributed by atoms with van der Waals surface area (Å²) in [6, 6.07) is 6.13. The standard InChI is InChI=1S/C19H19N7O2/c1-12(27)25-10-14(11-25)21-19-22-18(28-2)17-15(5-7-26(17)23-19)13-3-4-16-20-6-8-24(16)9-13/h3-9,14H,10-11H2,1-2H3,(H,21,23). The molecule has 9 nitrogen and oxygen atoms in total. The summed E-state index contributed by atoms with van der Waals surface area (Å²) in [6.07, 6.45) is 7.59. The zero-order chi connectivity index (χ0) is 19.3. The summed E-state index contributed by atoms with van der Waals surface area (Å²) in [5.41, 5.74) is 3.69. The molecular weight excluding hydrogens is 358 g/mol. The number of hydrogen-bond donors (Lipinski definition) is 1. The predicted molar refractivity (Wildman–Crippen MR) is 103 cm³/mol. The predicted octanol–water partition coefficient (Wildman–Crippen LogP) is 1.70. The third-order valence-corrected chi connectivity index (χ3v) is 5.03. The van der Waals surface area contributed by atoms with Crippen LogP contribution in [0.2, 0.25) is 0 Å². The number of ether oxygens (including phenoxy) is 1. The topological polar surface area (TPSA) is 89.1 Å². The van der Waals surface area contributed by atoms with Crippen LogP contribution < -0.4 is 10.1 Å². The first kappa shape index (κ1) is 16.5. The lowest BCUT2D eigenvalue weighted by molar-refractivity contribution is -0.132.